The Kier molecular flexibility index (Phi) is 7.91. The van der Waals surface area contributed by atoms with Gasteiger partial charge < -0.3 is 14.8 Å². The van der Waals surface area contributed by atoms with Crippen molar-refractivity contribution in [1.29, 1.82) is 0 Å². The van der Waals surface area contributed by atoms with Crippen molar-refractivity contribution in [3.8, 4) is 16.9 Å². The first-order valence-electron chi connectivity index (χ1n) is 11.6. The van der Waals surface area contributed by atoms with Crippen molar-refractivity contribution in [2.75, 3.05) is 13.2 Å². The number of halogens is 1. The molecule has 2 N–H and O–H groups in total. The lowest BCUT2D eigenvalue weighted by atomic mass is 9.99. The molecule has 4 aromatic rings. The molecule has 1 unspecified atom stereocenters. The molecule has 6 nitrogen and oxygen atoms in total. The second kappa shape index (κ2) is 10.9. The van der Waals surface area contributed by atoms with Crippen LogP contribution in [0.4, 0.5) is 0 Å². The predicted octanol–water partition coefficient (Wildman–Crippen LogP) is 5.57. The summed E-state index contributed by atoms with van der Waals surface area (Å²) in [6, 6.07) is 13.4. The molecule has 0 aliphatic heterocycles. The van der Waals surface area contributed by atoms with Crippen molar-refractivity contribution in [2.45, 2.75) is 46.4 Å². The Hall–Kier alpha value is -2.71. The standard InChI is InChI=1S/C27H30ClN3O3S/c1-16(2)31(12-20(32)14-34-21-9-7-19(28)8-10-21)13-24-29-26(33)25-23(15-35-27(25)30-24)22-11-17(3)5-6-18(22)4/h5-11,15-16,20,32H,12-14H2,1-4H3,(H,29,30,33). The number of H-pyrrole nitrogens is 1. The fourth-order valence-corrected chi connectivity index (χ4v) is 5.07. The average Bonchev–Trinajstić information content (AvgIpc) is 3.24. The third kappa shape index (κ3) is 6.11. The minimum absolute atomic E-state index is 0.134. The van der Waals surface area contributed by atoms with Gasteiger partial charge in [0.05, 0.1) is 11.9 Å². The summed E-state index contributed by atoms with van der Waals surface area (Å²) in [6.07, 6.45) is -0.707. The molecule has 0 saturated heterocycles. The topological polar surface area (TPSA) is 78.5 Å². The van der Waals surface area contributed by atoms with Crippen LogP contribution in [0.15, 0.2) is 52.6 Å². The smallest absolute Gasteiger partial charge is 0.260 e. The van der Waals surface area contributed by atoms with Crippen molar-refractivity contribution >= 4 is 33.2 Å². The lowest BCUT2D eigenvalue weighted by Crippen LogP contribution is -2.40. The molecule has 0 aliphatic carbocycles. The van der Waals surface area contributed by atoms with Crippen molar-refractivity contribution in [3.63, 3.8) is 0 Å². The van der Waals surface area contributed by atoms with Crippen LogP contribution in [0.2, 0.25) is 5.02 Å². The quantitative estimate of drug-likeness (QED) is 0.307. The minimum Gasteiger partial charge on any atom is -0.491 e. The van der Waals surface area contributed by atoms with Crippen molar-refractivity contribution < 1.29 is 9.84 Å². The third-order valence-electron chi connectivity index (χ3n) is 5.96. The molecule has 0 fully saturated rings. The van der Waals surface area contributed by atoms with Crippen LogP contribution < -0.4 is 10.3 Å². The van der Waals surface area contributed by atoms with Gasteiger partial charge >= 0.3 is 0 Å². The third-order valence-corrected chi connectivity index (χ3v) is 7.08. The van der Waals surface area contributed by atoms with Gasteiger partial charge in [-0.15, -0.1) is 11.3 Å². The minimum atomic E-state index is -0.707. The summed E-state index contributed by atoms with van der Waals surface area (Å²) >= 11 is 7.39. The lowest BCUT2D eigenvalue weighted by molar-refractivity contribution is 0.0533. The molecule has 184 valence electrons. The Morgan fingerprint density at radius 1 is 1.14 bits per heavy atom. The maximum Gasteiger partial charge on any atom is 0.260 e. The van der Waals surface area contributed by atoms with E-state index in [0.29, 0.717) is 35.1 Å². The number of rotatable bonds is 9. The first-order chi connectivity index (χ1) is 16.7. The molecule has 2 aromatic heterocycles. The number of ether oxygens (including phenoxy) is 1. The maximum atomic E-state index is 13.1. The van der Waals surface area contributed by atoms with Crippen LogP contribution in [0, 0.1) is 13.8 Å². The van der Waals surface area contributed by atoms with E-state index in [1.54, 1.807) is 24.3 Å². The number of hydrogen-bond acceptors (Lipinski definition) is 6. The lowest BCUT2D eigenvalue weighted by Gasteiger charge is -2.28. The van der Waals surface area contributed by atoms with E-state index in [1.807, 2.05) is 26.2 Å². The van der Waals surface area contributed by atoms with Gasteiger partial charge in [-0.3, -0.25) is 9.69 Å². The number of nitrogens with one attached hydrogen (secondary N) is 1. The van der Waals surface area contributed by atoms with Gasteiger partial charge in [-0.2, -0.15) is 0 Å². The molecule has 8 heteroatoms. The zero-order chi connectivity index (χ0) is 25.1. The molecule has 0 radical (unpaired) electrons. The average molecular weight is 512 g/mol. The van der Waals surface area contributed by atoms with Gasteiger partial charge in [-0.25, -0.2) is 4.98 Å². The molecule has 0 spiro atoms. The molecule has 1 atom stereocenters. The highest BCUT2D eigenvalue weighted by Gasteiger charge is 2.19. The molecule has 2 heterocycles. The SMILES string of the molecule is Cc1ccc(C)c(-c2csc3nc(CN(CC(O)COc4ccc(Cl)cc4)C(C)C)[nH]c(=O)c23)c1. The second-order valence-corrected chi connectivity index (χ2v) is 10.4. The van der Waals surface area contributed by atoms with Crippen LogP contribution in [0.25, 0.3) is 21.3 Å². The monoisotopic (exact) mass is 511 g/mol. The zero-order valence-corrected chi connectivity index (χ0v) is 21.9. The van der Waals surface area contributed by atoms with Gasteiger partial charge in [-0.1, -0.05) is 35.4 Å². The van der Waals surface area contributed by atoms with Crippen LogP contribution in [0.1, 0.15) is 30.8 Å². The van der Waals surface area contributed by atoms with Crippen LogP contribution in [-0.4, -0.2) is 45.3 Å². The van der Waals surface area contributed by atoms with E-state index >= 15 is 0 Å². The summed E-state index contributed by atoms with van der Waals surface area (Å²) < 4.78 is 5.69. The molecule has 0 aliphatic rings. The summed E-state index contributed by atoms with van der Waals surface area (Å²) in [6.45, 7) is 9.14. The van der Waals surface area contributed by atoms with E-state index in [0.717, 1.165) is 27.1 Å². The molecule has 2 aromatic carbocycles. The molecular formula is C27H30ClN3O3S. The van der Waals surface area contributed by atoms with Gasteiger partial charge in [0.25, 0.3) is 5.56 Å². The van der Waals surface area contributed by atoms with Gasteiger partial charge in [0, 0.05) is 28.6 Å². The summed E-state index contributed by atoms with van der Waals surface area (Å²) in [7, 11) is 0. The Morgan fingerprint density at radius 3 is 2.60 bits per heavy atom. The maximum absolute atomic E-state index is 13.1. The van der Waals surface area contributed by atoms with Crippen LogP contribution >= 0.6 is 22.9 Å². The van der Waals surface area contributed by atoms with Gasteiger partial charge in [0.1, 0.15) is 29.1 Å². The largest absolute Gasteiger partial charge is 0.491 e. The summed E-state index contributed by atoms with van der Waals surface area (Å²) in [5, 5.41) is 13.9. The van der Waals surface area contributed by atoms with E-state index in [1.165, 1.54) is 11.3 Å². The highest BCUT2D eigenvalue weighted by Crippen LogP contribution is 2.33. The van der Waals surface area contributed by atoms with Crippen LogP contribution in [0.5, 0.6) is 5.75 Å². The van der Waals surface area contributed by atoms with E-state index < -0.39 is 6.10 Å². The Balaban J connectivity index is 1.50. The predicted molar refractivity (Wildman–Crippen MR) is 144 cm³/mol. The summed E-state index contributed by atoms with van der Waals surface area (Å²) in [4.78, 5) is 23.6. The number of hydrogen-bond donors (Lipinski definition) is 2. The number of aromatic amines is 1. The normalized spacial score (nSPS) is 12.6. The summed E-state index contributed by atoms with van der Waals surface area (Å²) in [5.41, 5.74) is 4.11. The molecule has 0 saturated carbocycles. The second-order valence-electron chi connectivity index (χ2n) is 9.10. The molecule has 0 amide bonds. The van der Waals surface area contributed by atoms with E-state index in [9.17, 15) is 9.90 Å². The number of aliphatic hydroxyl groups is 1. The van der Waals surface area contributed by atoms with Crippen molar-refractivity contribution in [1.82, 2.24) is 14.9 Å². The van der Waals surface area contributed by atoms with E-state index in [-0.39, 0.29) is 18.2 Å². The van der Waals surface area contributed by atoms with Gasteiger partial charge in [0.2, 0.25) is 0 Å². The summed E-state index contributed by atoms with van der Waals surface area (Å²) in [5.74, 6) is 1.23. The number of nitrogens with zero attached hydrogens (tertiary/aromatic N) is 2. The van der Waals surface area contributed by atoms with Gasteiger partial charge in [-0.05, 0) is 63.1 Å². The van der Waals surface area contributed by atoms with Crippen molar-refractivity contribution in [3.05, 3.63) is 80.2 Å². The molecule has 4 rings (SSSR count). The first-order valence-corrected chi connectivity index (χ1v) is 12.9. The number of aryl methyl sites for hydroxylation is 2. The zero-order valence-electron chi connectivity index (χ0n) is 20.3. The van der Waals surface area contributed by atoms with Crippen LogP contribution in [-0.2, 0) is 6.54 Å². The highest BCUT2D eigenvalue weighted by molar-refractivity contribution is 7.17. The first kappa shape index (κ1) is 25.4. The number of aliphatic hydroxyl groups excluding tert-OH is 1. The van der Waals surface area contributed by atoms with Crippen molar-refractivity contribution in [2.24, 2.45) is 0 Å². The fraction of sp³-hybridized carbons (Fsp3) is 0.333. The van der Waals surface area contributed by atoms with Gasteiger partial charge in [0.15, 0.2) is 0 Å². The van der Waals surface area contributed by atoms with E-state index in [2.05, 4.69) is 35.0 Å². The number of benzene rings is 2. The number of fused-ring (bicyclic) bond motifs is 1. The number of aromatic nitrogens is 2. The Labute approximate surface area is 214 Å². The van der Waals surface area contributed by atoms with Crippen LogP contribution in [0.3, 0.4) is 0 Å². The fourth-order valence-electron chi connectivity index (χ4n) is 3.99. The van der Waals surface area contributed by atoms with E-state index in [4.69, 9.17) is 21.3 Å². The molecule has 0 bridgehead atoms. The number of thiophene rings is 1. The Bertz CT molecular complexity index is 1360. The Morgan fingerprint density at radius 2 is 1.89 bits per heavy atom. The highest BCUT2D eigenvalue weighted by atomic mass is 35.5. The molecule has 35 heavy (non-hydrogen) atoms. The molecular weight excluding hydrogens is 482 g/mol.